The summed E-state index contributed by atoms with van der Waals surface area (Å²) >= 11 is 4.17. The summed E-state index contributed by atoms with van der Waals surface area (Å²) in [6.07, 6.45) is 0. The number of nitrogens with zero attached hydrogens (tertiary/aromatic N) is 1. The van der Waals surface area contributed by atoms with Gasteiger partial charge in [-0.25, -0.2) is 0 Å². The van der Waals surface area contributed by atoms with Gasteiger partial charge in [-0.2, -0.15) is 5.10 Å². The number of nitrogens with one attached hydrogen (secondary N) is 1. The average Bonchev–Trinajstić information content (AvgIpc) is 2.29. The summed E-state index contributed by atoms with van der Waals surface area (Å²) in [6, 6.07) is 6.92. The van der Waals surface area contributed by atoms with Gasteiger partial charge in [-0.15, -0.1) is 0 Å². The fourth-order valence-electron chi connectivity index (χ4n) is 0.924. The summed E-state index contributed by atoms with van der Waals surface area (Å²) in [4.78, 5) is 11.7. The lowest BCUT2D eigenvalue weighted by Gasteiger charge is -2.05. The van der Waals surface area contributed by atoms with Crippen LogP contribution in [0, 0.1) is 0 Å². The third-order valence-electron chi connectivity index (χ3n) is 1.61. The van der Waals surface area contributed by atoms with Gasteiger partial charge >= 0.3 is 0 Å². The number of amides is 1. The van der Waals surface area contributed by atoms with E-state index >= 15 is 0 Å². The van der Waals surface area contributed by atoms with Crippen LogP contribution in [0.3, 0.4) is 0 Å². The fourth-order valence-corrected chi connectivity index (χ4v) is 1.52. The maximum Gasteiger partial charge on any atom is 0.257 e. The zero-order chi connectivity index (χ0) is 12.0. The highest BCUT2D eigenvalue weighted by Crippen LogP contribution is 2.10. The first-order valence-corrected chi connectivity index (χ1v) is 5.76. The van der Waals surface area contributed by atoms with Crippen molar-refractivity contribution in [1.29, 1.82) is 0 Å². The highest BCUT2D eigenvalue weighted by atomic mass is 79.9. The lowest BCUT2D eigenvalue weighted by Crippen LogP contribution is -2.29. The second-order valence-corrected chi connectivity index (χ2v) is 4.45. The van der Waals surface area contributed by atoms with E-state index in [0.29, 0.717) is 5.56 Å². The number of nitrogens with two attached hydrogens (primary N) is 1. The quantitative estimate of drug-likeness (QED) is 0.287. The molecule has 0 unspecified atom stereocenters. The van der Waals surface area contributed by atoms with Crippen molar-refractivity contribution in [3.05, 3.63) is 34.3 Å². The largest absolute Gasteiger partial charge is 0.321 e. The van der Waals surface area contributed by atoms with E-state index in [1.807, 2.05) is 0 Å². The van der Waals surface area contributed by atoms with E-state index in [1.54, 1.807) is 24.3 Å². The summed E-state index contributed by atoms with van der Waals surface area (Å²) in [5.74, 6) is 4.78. The van der Waals surface area contributed by atoms with Crippen LogP contribution in [0.4, 0.5) is 0 Å². The van der Waals surface area contributed by atoms with Crippen molar-refractivity contribution in [1.82, 2.24) is 5.32 Å². The van der Waals surface area contributed by atoms with E-state index < -0.39 is 0 Å². The van der Waals surface area contributed by atoms with E-state index in [-0.39, 0.29) is 11.1 Å². The van der Waals surface area contributed by atoms with E-state index in [9.17, 15) is 4.79 Å². The number of halogens is 1. The predicted octanol–water partition coefficient (Wildman–Crippen LogP) is 1.70. The van der Waals surface area contributed by atoms with Gasteiger partial charge in [0.1, 0.15) is 0 Å². The molecule has 0 fully saturated rings. The molecule has 0 heterocycles. The minimum atomic E-state index is -0.291. The molecule has 3 N–H and O–H groups in total. The zero-order valence-corrected chi connectivity index (χ0v) is 10.8. The molecule has 0 bridgehead atoms. The summed E-state index contributed by atoms with van der Waals surface area (Å²) in [5.41, 5.74) is 0.515. The molecule has 5 nitrogen and oxygen atoms in total. The molecule has 0 aliphatic rings. The van der Waals surface area contributed by atoms with Crippen molar-refractivity contribution >= 4 is 39.0 Å². The van der Waals surface area contributed by atoms with Crippen molar-refractivity contribution in [3.8, 4) is 0 Å². The third-order valence-corrected chi connectivity index (χ3v) is 2.67. The van der Waals surface area contributed by atoms with Crippen LogP contribution in [0.25, 0.3) is 0 Å². The zero-order valence-electron chi connectivity index (χ0n) is 8.44. The van der Waals surface area contributed by atoms with E-state index in [4.69, 9.17) is 10.0 Å². The molecule has 0 spiro atoms. The minimum absolute atomic E-state index is 0.204. The van der Waals surface area contributed by atoms with Crippen LogP contribution in [0.2, 0.25) is 0 Å². The van der Waals surface area contributed by atoms with Crippen LogP contribution in [-0.2, 0) is 4.18 Å². The molecule has 1 aromatic carbocycles. The number of carbonyl (C=O) groups is 1. The van der Waals surface area contributed by atoms with Gasteiger partial charge in [-0.3, -0.25) is 10.1 Å². The van der Waals surface area contributed by atoms with Crippen LogP contribution in [0.5, 0.6) is 0 Å². The molecule has 1 rings (SSSR count). The Morgan fingerprint density at radius 1 is 1.50 bits per heavy atom. The van der Waals surface area contributed by atoms with Gasteiger partial charge in [0.15, 0.2) is 0 Å². The van der Waals surface area contributed by atoms with Crippen molar-refractivity contribution in [3.63, 3.8) is 0 Å². The summed E-state index contributed by atoms with van der Waals surface area (Å²) in [7, 11) is 1.46. The molecule has 86 valence electrons. The Hall–Kier alpha value is -1.05. The normalized spacial score (nSPS) is 11.2. The van der Waals surface area contributed by atoms with Gasteiger partial charge in [0.05, 0.1) is 19.2 Å². The lowest BCUT2D eigenvalue weighted by molar-refractivity contribution is 0.0977. The van der Waals surface area contributed by atoms with Gasteiger partial charge in [-0.05, 0) is 24.3 Å². The van der Waals surface area contributed by atoms with Crippen molar-refractivity contribution < 1.29 is 8.98 Å². The standard InChI is InChI=1S/C9H10BrN3O2S/c1-15-16-9(13-11)12-8(14)6-2-4-7(10)5-3-6/h2-5H,11H2,1H3,(H,12,13,14). The highest BCUT2D eigenvalue weighted by molar-refractivity contribution is 9.10. The summed E-state index contributed by atoms with van der Waals surface area (Å²) < 4.78 is 5.64. The number of hydrazone groups is 1. The highest BCUT2D eigenvalue weighted by Gasteiger charge is 2.09. The molecule has 0 atom stereocenters. The van der Waals surface area contributed by atoms with Crippen molar-refractivity contribution in [2.45, 2.75) is 0 Å². The van der Waals surface area contributed by atoms with Crippen LogP contribution >= 0.6 is 28.0 Å². The Kier molecular flexibility index (Phi) is 5.30. The first-order chi connectivity index (χ1) is 7.67. The minimum Gasteiger partial charge on any atom is -0.321 e. The third kappa shape index (κ3) is 3.84. The van der Waals surface area contributed by atoms with E-state index in [0.717, 1.165) is 16.5 Å². The van der Waals surface area contributed by atoms with Gasteiger partial charge in [0.2, 0.25) is 5.17 Å². The molecule has 0 aliphatic heterocycles. The fraction of sp³-hybridized carbons (Fsp3) is 0.111. The molecule has 7 heteroatoms. The molecular weight excluding hydrogens is 294 g/mol. The first kappa shape index (κ1) is 13.0. The SMILES string of the molecule is COS/C(=N\N)NC(=O)c1ccc(Br)cc1. The Morgan fingerprint density at radius 2 is 2.12 bits per heavy atom. The molecule has 0 saturated heterocycles. The monoisotopic (exact) mass is 303 g/mol. The van der Waals surface area contributed by atoms with Crippen molar-refractivity contribution in [2.24, 2.45) is 10.9 Å². The number of benzene rings is 1. The number of rotatable bonds is 2. The van der Waals surface area contributed by atoms with Gasteiger partial charge in [-0.1, -0.05) is 15.9 Å². The maximum atomic E-state index is 11.7. The topological polar surface area (TPSA) is 76.7 Å². The van der Waals surface area contributed by atoms with E-state index in [1.165, 1.54) is 7.11 Å². The van der Waals surface area contributed by atoms with Crippen LogP contribution in [0.15, 0.2) is 33.8 Å². The Bertz CT molecular complexity index is 394. The first-order valence-electron chi connectivity index (χ1n) is 4.23. The number of amidine groups is 1. The molecular formula is C9H10BrN3O2S. The maximum absolute atomic E-state index is 11.7. The molecule has 16 heavy (non-hydrogen) atoms. The Balaban J connectivity index is 2.68. The van der Waals surface area contributed by atoms with Crippen LogP contribution in [0.1, 0.15) is 10.4 Å². The smallest absolute Gasteiger partial charge is 0.257 e. The van der Waals surface area contributed by atoms with E-state index in [2.05, 4.69) is 26.3 Å². The van der Waals surface area contributed by atoms with Crippen LogP contribution < -0.4 is 11.2 Å². The number of hydrogen-bond acceptors (Lipinski definition) is 5. The molecule has 0 saturated carbocycles. The van der Waals surface area contributed by atoms with Crippen LogP contribution in [-0.4, -0.2) is 18.2 Å². The molecule has 1 amide bonds. The second kappa shape index (κ2) is 6.51. The Morgan fingerprint density at radius 3 is 2.62 bits per heavy atom. The molecule has 0 aliphatic carbocycles. The van der Waals surface area contributed by atoms with Gasteiger partial charge in [0, 0.05) is 10.0 Å². The number of hydrogen-bond donors (Lipinski definition) is 2. The lowest BCUT2D eigenvalue weighted by atomic mass is 10.2. The summed E-state index contributed by atoms with van der Waals surface area (Å²) in [6.45, 7) is 0. The van der Waals surface area contributed by atoms with Crippen molar-refractivity contribution in [2.75, 3.05) is 7.11 Å². The molecule has 0 aromatic heterocycles. The molecule has 1 aromatic rings. The number of carbonyl (C=O) groups excluding carboxylic acids is 1. The van der Waals surface area contributed by atoms with Gasteiger partial charge in [0.25, 0.3) is 5.91 Å². The predicted molar refractivity (Wildman–Crippen MR) is 67.8 cm³/mol. The van der Waals surface area contributed by atoms with Gasteiger partial charge < -0.3 is 10.0 Å². The average molecular weight is 304 g/mol. The molecule has 0 radical (unpaired) electrons. The Labute approximate surface area is 106 Å². The second-order valence-electron chi connectivity index (χ2n) is 2.65. The summed E-state index contributed by atoms with van der Waals surface area (Å²) in [5, 5.41) is 6.09.